The van der Waals surface area contributed by atoms with Gasteiger partial charge < -0.3 is 9.64 Å². The molecule has 0 aliphatic carbocycles. The molecule has 0 spiro atoms. The van der Waals surface area contributed by atoms with Crippen LogP contribution >= 0.6 is 35.3 Å². The Morgan fingerprint density at radius 1 is 1.20 bits per heavy atom. The van der Waals surface area contributed by atoms with Crippen LogP contribution in [0.4, 0.5) is 8.78 Å². The number of likely N-dealkylation sites (N-methyl/N-ethyl adjacent to an activating group) is 1. The van der Waals surface area contributed by atoms with E-state index < -0.39 is 11.6 Å². The molecule has 0 radical (unpaired) electrons. The third kappa shape index (κ3) is 6.75. The van der Waals surface area contributed by atoms with E-state index in [4.69, 9.17) is 17.0 Å². The highest BCUT2D eigenvalue weighted by Gasteiger charge is 2.31. The zero-order chi connectivity index (χ0) is 24.9. The summed E-state index contributed by atoms with van der Waals surface area (Å²) < 4.78 is 32.8. The van der Waals surface area contributed by atoms with Gasteiger partial charge in [0.1, 0.15) is 10.4 Å². The van der Waals surface area contributed by atoms with E-state index in [9.17, 15) is 18.4 Å². The topological polar surface area (TPSA) is 49.9 Å². The molecule has 2 aliphatic rings. The first kappa shape index (κ1) is 25.9. The third-order valence-electron chi connectivity index (χ3n) is 5.93. The minimum Gasteiger partial charge on any atom is -0.461 e. The normalized spacial score (nSPS) is 19.8. The van der Waals surface area contributed by atoms with Gasteiger partial charge in [-0.25, -0.2) is 8.78 Å². The molecule has 10 heteroatoms. The summed E-state index contributed by atoms with van der Waals surface area (Å²) in [6.07, 6.45) is 5.33. The Morgan fingerprint density at radius 2 is 2.03 bits per heavy atom. The maximum Gasteiger partial charge on any atom is 0.306 e. The Kier molecular flexibility index (Phi) is 8.69. The lowest BCUT2D eigenvalue weighted by Gasteiger charge is -2.14. The number of nitrogens with zero attached hydrogens (tertiary/aromatic N) is 2. The van der Waals surface area contributed by atoms with Gasteiger partial charge in [-0.2, -0.15) is 0 Å². The highest BCUT2D eigenvalue weighted by Crippen LogP contribution is 2.35. The van der Waals surface area contributed by atoms with Crippen molar-refractivity contribution in [2.24, 2.45) is 0 Å². The van der Waals surface area contributed by atoms with Crippen LogP contribution in [0.25, 0.3) is 17.2 Å². The number of amides is 1. The van der Waals surface area contributed by atoms with Gasteiger partial charge in [-0.15, -0.1) is 11.3 Å². The van der Waals surface area contributed by atoms with Crippen molar-refractivity contribution >= 4 is 57.6 Å². The van der Waals surface area contributed by atoms with Crippen LogP contribution < -0.4 is 0 Å². The molecule has 2 fully saturated rings. The van der Waals surface area contributed by atoms with Gasteiger partial charge in [0.05, 0.1) is 4.91 Å². The third-order valence-corrected chi connectivity index (χ3v) is 8.19. The number of carbonyl (C=O) groups excluding carboxylic acids is 2. The second-order valence-corrected chi connectivity index (χ2v) is 11.3. The summed E-state index contributed by atoms with van der Waals surface area (Å²) in [5, 5.41) is 1.84. The monoisotopic (exact) mass is 536 g/mol. The highest BCUT2D eigenvalue weighted by molar-refractivity contribution is 8.26. The van der Waals surface area contributed by atoms with E-state index in [0.717, 1.165) is 54.9 Å². The van der Waals surface area contributed by atoms with Crippen LogP contribution in [0.15, 0.2) is 34.6 Å². The average Bonchev–Trinajstić information content (AvgIpc) is 3.51. The van der Waals surface area contributed by atoms with Gasteiger partial charge >= 0.3 is 5.97 Å². The smallest absolute Gasteiger partial charge is 0.306 e. The van der Waals surface area contributed by atoms with Crippen LogP contribution in [0, 0.1) is 11.6 Å². The number of halogens is 2. The van der Waals surface area contributed by atoms with Crippen molar-refractivity contribution in [2.45, 2.75) is 38.2 Å². The Balaban J connectivity index is 1.24. The number of carbonyl (C=O) groups is 2. The lowest BCUT2D eigenvalue weighted by molar-refractivity contribution is -0.148. The zero-order valence-electron chi connectivity index (χ0n) is 19.3. The van der Waals surface area contributed by atoms with Crippen LogP contribution in [-0.4, -0.2) is 58.8 Å². The number of esters is 1. The molecule has 0 N–H and O–H groups in total. The predicted molar refractivity (Wildman–Crippen MR) is 140 cm³/mol. The predicted octanol–water partition coefficient (Wildman–Crippen LogP) is 5.70. The number of thioether (sulfide) groups is 1. The second kappa shape index (κ2) is 11.7. The number of rotatable bonds is 9. The molecule has 2 aliphatic heterocycles. The Morgan fingerprint density at radius 3 is 2.77 bits per heavy atom. The van der Waals surface area contributed by atoms with E-state index in [2.05, 4.69) is 4.90 Å². The van der Waals surface area contributed by atoms with Gasteiger partial charge in [0.15, 0.2) is 11.6 Å². The minimum atomic E-state index is -0.894. The first-order chi connectivity index (χ1) is 16.8. The van der Waals surface area contributed by atoms with Gasteiger partial charge in [-0.05, 0) is 67.1 Å². The number of hydrogen-bond donors (Lipinski definition) is 0. The molecule has 1 aromatic carbocycles. The van der Waals surface area contributed by atoms with Crippen molar-refractivity contribution in [1.82, 2.24) is 9.80 Å². The van der Waals surface area contributed by atoms with Crippen molar-refractivity contribution in [3.8, 4) is 11.1 Å². The first-order valence-electron chi connectivity index (χ1n) is 11.5. The molecule has 1 atom stereocenters. The number of benzene rings is 1. The molecular weight excluding hydrogens is 510 g/mol. The van der Waals surface area contributed by atoms with Crippen molar-refractivity contribution in [1.29, 1.82) is 0 Å². The maximum atomic E-state index is 13.5. The number of thiophene rings is 1. The van der Waals surface area contributed by atoms with E-state index in [-0.39, 0.29) is 18.0 Å². The number of thiocarbonyl (C=S) groups is 1. The molecule has 35 heavy (non-hydrogen) atoms. The lowest BCUT2D eigenvalue weighted by atomic mass is 10.1. The minimum absolute atomic E-state index is 0.00519. The fraction of sp³-hybridized carbons (Fsp3) is 0.400. The molecule has 0 saturated carbocycles. The van der Waals surface area contributed by atoms with Crippen molar-refractivity contribution < 1.29 is 23.1 Å². The molecule has 1 aromatic heterocycles. The molecule has 1 unspecified atom stereocenters. The molecular formula is C25H26F2N2O3S3. The van der Waals surface area contributed by atoms with Gasteiger partial charge in [0.25, 0.3) is 5.91 Å². The fourth-order valence-corrected chi connectivity index (χ4v) is 6.25. The Hall–Kier alpha value is -2.14. The summed E-state index contributed by atoms with van der Waals surface area (Å²) in [6, 6.07) is 5.63. The van der Waals surface area contributed by atoms with Crippen molar-refractivity contribution in [3.05, 3.63) is 51.1 Å². The van der Waals surface area contributed by atoms with Crippen molar-refractivity contribution in [2.75, 3.05) is 26.7 Å². The molecule has 2 aromatic rings. The van der Waals surface area contributed by atoms with Crippen LogP contribution in [-0.2, 0) is 14.3 Å². The van der Waals surface area contributed by atoms with E-state index in [1.807, 2.05) is 18.5 Å². The molecule has 4 rings (SSSR count). The van der Waals surface area contributed by atoms with Crippen molar-refractivity contribution in [3.63, 3.8) is 0 Å². The van der Waals surface area contributed by atoms with Gasteiger partial charge in [-0.3, -0.25) is 14.5 Å². The summed E-state index contributed by atoms with van der Waals surface area (Å²) in [5.74, 6) is -2.07. The van der Waals surface area contributed by atoms with Crippen LogP contribution in [0.3, 0.4) is 0 Å². The molecule has 5 nitrogen and oxygen atoms in total. The van der Waals surface area contributed by atoms with Gasteiger partial charge in [0, 0.05) is 30.9 Å². The van der Waals surface area contributed by atoms with Crippen LogP contribution in [0.1, 0.15) is 37.0 Å². The molecule has 1 amide bonds. The molecule has 2 saturated heterocycles. The van der Waals surface area contributed by atoms with Gasteiger partial charge in [0.2, 0.25) is 0 Å². The Labute approximate surface area is 217 Å². The molecule has 186 valence electrons. The van der Waals surface area contributed by atoms with Gasteiger partial charge in [-0.1, -0.05) is 36.5 Å². The van der Waals surface area contributed by atoms with Crippen LogP contribution in [0.2, 0.25) is 0 Å². The number of unbranched alkanes of at least 4 members (excludes halogenated alkanes) is 2. The van der Waals surface area contributed by atoms with E-state index >= 15 is 0 Å². The van der Waals surface area contributed by atoms with E-state index in [1.54, 1.807) is 11.0 Å². The lowest BCUT2D eigenvalue weighted by Crippen LogP contribution is -2.29. The number of hydrogen-bond acceptors (Lipinski definition) is 7. The summed E-state index contributed by atoms with van der Waals surface area (Å²) in [6.45, 7) is 2.26. The number of ether oxygens (including phenoxy) is 1. The SMILES string of the molecule is CN1CCC(OC(=O)CCCCCN2C(=O)C(=Cc3cc(-c4ccc(F)c(F)c4)cs3)SC2=S)C1. The first-order valence-corrected chi connectivity index (χ1v) is 13.6. The summed E-state index contributed by atoms with van der Waals surface area (Å²) in [7, 11) is 2.02. The summed E-state index contributed by atoms with van der Waals surface area (Å²) in [5.41, 5.74) is 1.33. The Bertz CT molecular complexity index is 1150. The maximum absolute atomic E-state index is 13.5. The summed E-state index contributed by atoms with van der Waals surface area (Å²) in [4.78, 5) is 30.0. The van der Waals surface area contributed by atoms with Crippen LogP contribution in [0.5, 0.6) is 0 Å². The second-order valence-electron chi connectivity index (χ2n) is 8.67. The molecule has 0 bridgehead atoms. The highest BCUT2D eigenvalue weighted by atomic mass is 32.2. The largest absolute Gasteiger partial charge is 0.461 e. The average molecular weight is 537 g/mol. The number of likely N-dealkylation sites (tertiary alicyclic amines) is 1. The summed E-state index contributed by atoms with van der Waals surface area (Å²) >= 11 is 8.08. The quantitative estimate of drug-likeness (QED) is 0.177. The zero-order valence-corrected chi connectivity index (χ0v) is 21.7. The van der Waals surface area contributed by atoms with E-state index in [0.29, 0.717) is 34.2 Å². The fourth-order valence-electron chi connectivity index (χ4n) is 4.03. The standard InChI is InChI=1S/C25H26F2N2O3S3/c1-28-10-8-18(14-28)32-23(30)5-3-2-4-9-29-24(31)22(35-25(29)33)13-19-11-17(15-34-19)16-6-7-20(26)21(27)12-16/h6-7,11-13,15,18H,2-5,8-10,14H2,1H3. The molecule has 3 heterocycles. The van der Waals surface area contributed by atoms with E-state index in [1.165, 1.54) is 29.2 Å².